The third-order valence-corrected chi connectivity index (χ3v) is 1.84. The van der Waals surface area contributed by atoms with Crippen LogP contribution in [0.1, 0.15) is 54.4 Å². The van der Waals surface area contributed by atoms with E-state index in [1.165, 1.54) is 0 Å². The minimum absolute atomic E-state index is 0.271. The van der Waals surface area contributed by atoms with Gasteiger partial charge in [0.1, 0.15) is 0 Å². The summed E-state index contributed by atoms with van der Waals surface area (Å²) < 4.78 is 10.1. The molecule has 0 rings (SSSR count). The Morgan fingerprint density at radius 2 is 1.11 bits per heavy atom. The van der Waals surface area contributed by atoms with Crippen molar-refractivity contribution in [3.63, 3.8) is 0 Å². The van der Waals surface area contributed by atoms with Crippen LogP contribution in [0.5, 0.6) is 0 Å². The predicted molar refractivity (Wildman–Crippen MR) is 65.8 cm³/mol. The van der Waals surface area contributed by atoms with Crippen molar-refractivity contribution in [2.75, 3.05) is 0 Å². The summed E-state index contributed by atoms with van der Waals surface area (Å²) in [6, 6.07) is 0. The highest BCUT2D eigenvalue weighted by Crippen LogP contribution is 2.19. The first kappa shape index (κ1) is 16.5. The number of hydrogen-bond donors (Lipinski definition) is 0. The van der Waals surface area contributed by atoms with Crippen molar-refractivity contribution in [3.05, 3.63) is 0 Å². The van der Waals surface area contributed by atoms with Gasteiger partial charge in [0.25, 0.3) is 0 Å². The van der Waals surface area contributed by atoms with E-state index >= 15 is 0 Å². The van der Waals surface area contributed by atoms with Crippen molar-refractivity contribution in [2.24, 2.45) is 10.2 Å². The molecule has 0 spiro atoms. The van der Waals surface area contributed by atoms with Crippen molar-refractivity contribution in [1.82, 2.24) is 0 Å². The van der Waals surface area contributed by atoms with Gasteiger partial charge in [-0.2, -0.15) is 0 Å². The molecule has 0 aliphatic heterocycles. The highest BCUT2D eigenvalue weighted by Gasteiger charge is 2.26. The molecule has 0 aliphatic carbocycles. The number of hydrogen-bond acceptors (Lipinski definition) is 6. The van der Waals surface area contributed by atoms with E-state index in [0.717, 1.165) is 0 Å². The van der Waals surface area contributed by atoms with Gasteiger partial charge in [-0.15, -0.1) is 10.2 Å². The fourth-order valence-corrected chi connectivity index (χ4v) is 0.983. The van der Waals surface area contributed by atoms with E-state index in [1.54, 1.807) is 41.5 Å². The van der Waals surface area contributed by atoms with Gasteiger partial charge in [0.05, 0.1) is 0 Å². The average molecular weight is 258 g/mol. The molecular weight excluding hydrogens is 236 g/mol. The van der Waals surface area contributed by atoms with E-state index in [1.807, 2.05) is 0 Å². The molecule has 0 saturated carbocycles. The van der Waals surface area contributed by atoms with Gasteiger partial charge in [-0.1, -0.05) is 13.8 Å². The molecular formula is C12H22N2O4. The molecule has 0 unspecified atom stereocenters. The highest BCUT2D eigenvalue weighted by atomic mass is 16.6. The average Bonchev–Trinajstić information content (AvgIpc) is 2.25. The summed E-state index contributed by atoms with van der Waals surface area (Å²) in [4.78, 5) is 22.3. The summed E-state index contributed by atoms with van der Waals surface area (Å²) in [5.41, 5.74) is -2.13. The molecule has 0 N–H and O–H groups in total. The zero-order chi connectivity index (χ0) is 14.4. The van der Waals surface area contributed by atoms with E-state index in [0.29, 0.717) is 0 Å². The molecule has 0 saturated heterocycles. The second kappa shape index (κ2) is 6.47. The van der Waals surface area contributed by atoms with Crippen LogP contribution < -0.4 is 0 Å². The molecule has 6 heteroatoms. The molecule has 0 aromatic rings. The number of azo groups is 1. The van der Waals surface area contributed by atoms with Crippen molar-refractivity contribution >= 4 is 11.9 Å². The Hall–Kier alpha value is -1.46. The molecule has 0 radical (unpaired) electrons. The zero-order valence-electron chi connectivity index (χ0n) is 11.9. The van der Waals surface area contributed by atoms with Crippen LogP contribution >= 0.6 is 0 Å². The molecule has 6 nitrogen and oxygen atoms in total. The lowest BCUT2D eigenvalue weighted by atomic mass is 10.3. The number of carbonyl (C=O) groups excluding carboxylic acids is 2. The van der Waals surface area contributed by atoms with E-state index in [-0.39, 0.29) is 24.8 Å². The van der Waals surface area contributed by atoms with Gasteiger partial charge in [0, 0.05) is 12.8 Å². The van der Waals surface area contributed by atoms with Crippen LogP contribution in [0.2, 0.25) is 0 Å². The molecule has 18 heavy (non-hydrogen) atoms. The molecule has 104 valence electrons. The fourth-order valence-electron chi connectivity index (χ4n) is 0.983. The molecule has 0 amide bonds. The predicted octanol–water partition coefficient (Wildman–Crippen LogP) is 2.82. The second-order valence-corrected chi connectivity index (χ2v) is 4.75. The molecule has 0 bridgehead atoms. The van der Waals surface area contributed by atoms with Gasteiger partial charge in [0.2, 0.25) is 11.4 Å². The Balaban J connectivity index is 4.60. The molecule has 0 aromatic heterocycles. The molecule has 0 fully saturated rings. The quantitative estimate of drug-likeness (QED) is 0.542. The van der Waals surface area contributed by atoms with Gasteiger partial charge in [-0.3, -0.25) is 9.59 Å². The van der Waals surface area contributed by atoms with Crippen LogP contribution in [0.4, 0.5) is 0 Å². The number of esters is 2. The maximum atomic E-state index is 11.2. The minimum atomic E-state index is -1.07. The summed E-state index contributed by atoms with van der Waals surface area (Å²) in [5.74, 6) is -0.718. The molecule has 0 aliphatic rings. The maximum Gasteiger partial charge on any atom is 0.307 e. The summed E-state index contributed by atoms with van der Waals surface area (Å²) in [5, 5.41) is 7.82. The van der Waals surface area contributed by atoms with Crippen LogP contribution in [0.25, 0.3) is 0 Å². The third-order valence-electron chi connectivity index (χ3n) is 1.84. The highest BCUT2D eigenvalue weighted by molar-refractivity contribution is 5.69. The number of ether oxygens (including phenoxy) is 2. The Morgan fingerprint density at radius 3 is 1.33 bits per heavy atom. The Bertz CT molecular complexity index is 303. The topological polar surface area (TPSA) is 77.3 Å². The lowest BCUT2D eigenvalue weighted by Crippen LogP contribution is -2.29. The van der Waals surface area contributed by atoms with Gasteiger partial charge in [-0.25, -0.2) is 0 Å². The third kappa shape index (κ3) is 6.98. The van der Waals surface area contributed by atoms with Crippen LogP contribution in [-0.2, 0) is 19.1 Å². The van der Waals surface area contributed by atoms with Gasteiger partial charge >= 0.3 is 11.9 Å². The van der Waals surface area contributed by atoms with E-state index in [2.05, 4.69) is 10.2 Å². The molecule has 0 heterocycles. The SMILES string of the molecule is CCC(=O)OC(C)(C)N=NC(C)(C)OC(=O)CC. The van der Waals surface area contributed by atoms with Crippen LogP contribution in [0, 0.1) is 0 Å². The van der Waals surface area contributed by atoms with E-state index in [9.17, 15) is 9.59 Å². The smallest absolute Gasteiger partial charge is 0.307 e. The fraction of sp³-hybridized carbons (Fsp3) is 0.833. The second-order valence-electron chi connectivity index (χ2n) is 4.75. The summed E-state index contributed by atoms with van der Waals surface area (Å²) in [7, 11) is 0. The van der Waals surface area contributed by atoms with Crippen LogP contribution in [-0.4, -0.2) is 23.4 Å². The Kier molecular flexibility index (Phi) is 5.94. The van der Waals surface area contributed by atoms with Crippen molar-refractivity contribution < 1.29 is 19.1 Å². The van der Waals surface area contributed by atoms with E-state index < -0.39 is 11.4 Å². The van der Waals surface area contributed by atoms with Crippen molar-refractivity contribution in [1.29, 1.82) is 0 Å². The first-order valence-corrected chi connectivity index (χ1v) is 5.99. The van der Waals surface area contributed by atoms with Gasteiger partial charge < -0.3 is 9.47 Å². The Morgan fingerprint density at radius 1 is 0.833 bits per heavy atom. The van der Waals surface area contributed by atoms with Crippen molar-refractivity contribution in [2.45, 2.75) is 65.8 Å². The minimum Gasteiger partial charge on any atom is -0.436 e. The van der Waals surface area contributed by atoms with Crippen LogP contribution in [0.15, 0.2) is 10.2 Å². The number of nitrogens with zero attached hydrogens (tertiary/aromatic N) is 2. The van der Waals surface area contributed by atoms with E-state index in [4.69, 9.17) is 9.47 Å². The molecule has 0 atom stereocenters. The summed E-state index contributed by atoms with van der Waals surface area (Å²) >= 11 is 0. The standard InChI is InChI=1S/C12H22N2O4/c1-7-9(15)17-11(3,4)13-14-12(5,6)18-10(16)8-2/h7-8H2,1-6H3. The number of carbonyl (C=O) groups is 2. The lowest BCUT2D eigenvalue weighted by molar-refractivity contribution is -0.160. The zero-order valence-corrected chi connectivity index (χ0v) is 11.9. The normalized spacial score (nSPS) is 12.6. The largest absolute Gasteiger partial charge is 0.436 e. The Labute approximate surface area is 108 Å². The summed E-state index contributed by atoms with van der Waals surface area (Å²) in [6.07, 6.45) is 0.542. The number of rotatable bonds is 6. The van der Waals surface area contributed by atoms with Gasteiger partial charge in [0.15, 0.2) is 0 Å². The summed E-state index contributed by atoms with van der Waals surface area (Å²) in [6.45, 7) is 9.85. The first-order valence-electron chi connectivity index (χ1n) is 5.99. The maximum absolute atomic E-state index is 11.2. The van der Waals surface area contributed by atoms with Gasteiger partial charge in [-0.05, 0) is 27.7 Å². The first-order chi connectivity index (χ1) is 8.12. The van der Waals surface area contributed by atoms with Crippen molar-refractivity contribution in [3.8, 4) is 0 Å². The molecule has 0 aromatic carbocycles. The monoisotopic (exact) mass is 258 g/mol. The lowest BCUT2D eigenvalue weighted by Gasteiger charge is -2.23. The van der Waals surface area contributed by atoms with Crippen LogP contribution in [0.3, 0.4) is 0 Å².